The third-order valence-electron chi connectivity index (χ3n) is 4.09. The summed E-state index contributed by atoms with van der Waals surface area (Å²) in [7, 11) is 0. The summed E-state index contributed by atoms with van der Waals surface area (Å²) >= 11 is 12.2. The number of anilines is 2. The van der Waals surface area contributed by atoms with Crippen LogP contribution in [0.5, 0.6) is 0 Å². The van der Waals surface area contributed by atoms with Crippen LogP contribution in [0, 0.1) is 10.1 Å². The summed E-state index contributed by atoms with van der Waals surface area (Å²) in [6.45, 7) is 2.76. The molecular weight excluding hydrogens is 459 g/mol. The van der Waals surface area contributed by atoms with Gasteiger partial charge in [0.1, 0.15) is 17.6 Å². The van der Waals surface area contributed by atoms with E-state index in [2.05, 4.69) is 25.6 Å². The van der Waals surface area contributed by atoms with Gasteiger partial charge in [-0.2, -0.15) is 0 Å². The Bertz CT molecular complexity index is 1110. The Morgan fingerprint density at radius 2 is 1.81 bits per heavy atom. The molecule has 12 heteroatoms. The van der Waals surface area contributed by atoms with Crippen LogP contribution >= 0.6 is 23.2 Å². The van der Waals surface area contributed by atoms with Crippen LogP contribution in [-0.4, -0.2) is 45.5 Å². The average molecular weight is 477 g/mol. The highest BCUT2D eigenvalue weighted by atomic mass is 35.5. The average Bonchev–Trinajstić information content (AvgIpc) is 2.76. The minimum absolute atomic E-state index is 0.0857. The lowest BCUT2D eigenvalue weighted by atomic mass is 10.1. The van der Waals surface area contributed by atoms with Gasteiger partial charge < -0.3 is 15.4 Å². The van der Waals surface area contributed by atoms with E-state index in [-0.39, 0.29) is 23.8 Å². The van der Waals surface area contributed by atoms with Crippen molar-refractivity contribution in [2.24, 2.45) is 0 Å². The normalized spacial score (nSPS) is 10.5. The van der Waals surface area contributed by atoms with Crippen molar-refractivity contribution in [3.8, 4) is 11.3 Å². The van der Waals surface area contributed by atoms with Crippen molar-refractivity contribution in [1.29, 1.82) is 0 Å². The lowest BCUT2D eigenvalue weighted by Crippen LogP contribution is -2.17. The van der Waals surface area contributed by atoms with E-state index in [0.29, 0.717) is 40.2 Å². The Morgan fingerprint density at radius 1 is 1.09 bits per heavy atom. The highest BCUT2D eigenvalue weighted by molar-refractivity contribution is 6.35. The third kappa shape index (κ3) is 6.02. The van der Waals surface area contributed by atoms with Crippen molar-refractivity contribution < 1.29 is 14.5 Å². The standard InChI is InChI=1S/C20H18Cl2N6O4/c1-2-32-19(29)16-11-26-20(27-18(16)12-7-13(21)9-14(22)8-12)24-6-5-23-17-4-3-15(10-25-17)28(30)31/h3-4,7-11H,2,5-6H2,1H3,(H,23,25)(H,24,26,27). The van der Waals surface area contributed by atoms with Crippen molar-refractivity contribution >= 4 is 46.6 Å². The molecule has 0 fully saturated rings. The second-order valence-corrected chi connectivity index (χ2v) is 7.22. The first-order valence-corrected chi connectivity index (χ1v) is 10.2. The summed E-state index contributed by atoms with van der Waals surface area (Å²) in [6.07, 6.45) is 2.55. The number of rotatable bonds is 9. The summed E-state index contributed by atoms with van der Waals surface area (Å²) in [4.78, 5) is 35.1. The predicted molar refractivity (Wildman–Crippen MR) is 121 cm³/mol. The first-order valence-electron chi connectivity index (χ1n) is 9.46. The predicted octanol–water partition coefficient (Wildman–Crippen LogP) is 4.45. The van der Waals surface area contributed by atoms with Gasteiger partial charge in [-0.05, 0) is 31.2 Å². The zero-order chi connectivity index (χ0) is 23.1. The van der Waals surface area contributed by atoms with E-state index in [9.17, 15) is 14.9 Å². The maximum absolute atomic E-state index is 12.4. The van der Waals surface area contributed by atoms with E-state index in [1.807, 2.05) is 0 Å². The van der Waals surface area contributed by atoms with E-state index in [1.165, 1.54) is 24.5 Å². The van der Waals surface area contributed by atoms with Gasteiger partial charge in [0.05, 0.1) is 17.2 Å². The number of benzene rings is 1. The summed E-state index contributed by atoms with van der Waals surface area (Å²) in [6, 6.07) is 7.75. The molecule has 0 spiro atoms. The molecule has 2 N–H and O–H groups in total. The number of nitro groups is 1. The van der Waals surface area contributed by atoms with Gasteiger partial charge in [-0.25, -0.2) is 19.7 Å². The van der Waals surface area contributed by atoms with Gasteiger partial charge in [0.15, 0.2) is 0 Å². The number of carbonyl (C=O) groups excluding carboxylic acids is 1. The molecule has 1 aromatic carbocycles. The molecule has 0 saturated carbocycles. The van der Waals surface area contributed by atoms with Crippen molar-refractivity contribution in [1.82, 2.24) is 15.0 Å². The van der Waals surface area contributed by atoms with Gasteiger partial charge in [-0.3, -0.25) is 10.1 Å². The Labute approximate surface area is 193 Å². The Kier molecular flexibility index (Phi) is 7.74. The Hall–Kier alpha value is -3.50. The first-order chi connectivity index (χ1) is 15.4. The fourth-order valence-corrected chi connectivity index (χ4v) is 3.23. The third-order valence-corrected chi connectivity index (χ3v) is 4.53. The molecule has 0 amide bonds. The van der Waals surface area contributed by atoms with E-state index < -0.39 is 10.9 Å². The molecule has 0 aliphatic heterocycles. The van der Waals surface area contributed by atoms with Gasteiger partial charge in [-0.15, -0.1) is 0 Å². The molecule has 32 heavy (non-hydrogen) atoms. The molecule has 0 aliphatic rings. The number of hydrogen-bond acceptors (Lipinski definition) is 9. The number of aromatic nitrogens is 3. The second kappa shape index (κ2) is 10.7. The Morgan fingerprint density at radius 3 is 2.44 bits per heavy atom. The maximum Gasteiger partial charge on any atom is 0.341 e. The van der Waals surface area contributed by atoms with Crippen molar-refractivity contribution in [2.75, 3.05) is 30.3 Å². The van der Waals surface area contributed by atoms with Crippen LogP contribution in [0.2, 0.25) is 10.0 Å². The van der Waals surface area contributed by atoms with Crippen LogP contribution in [0.1, 0.15) is 17.3 Å². The molecule has 0 aliphatic carbocycles. The largest absolute Gasteiger partial charge is 0.462 e. The molecule has 0 atom stereocenters. The lowest BCUT2D eigenvalue weighted by molar-refractivity contribution is -0.385. The number of nitrogens with one attached hydrogen (secondary N) is 2. The van der Waals surface area contributed by atoms with Gasteiger partial charge in [0.25, 0.3) is 5.69 Å². The number of nitrogens with zero attached hydrogens (tertiary/aromatic N) is 4. The van der Waals surface area contributed by atoms with Crippen molar-refractivity contribution in [3.63, 3.8) is 0 Å². The van der Waals surface area contributed by atoms with E-state index in [1.54, 1.807) is 25.1 Å². The second-order valence-electron chi connectivity index (χ2n) is 6.35. The fourth-order valence-electron chi connectivity index (χ4n) is 2.70. The quantitative estimate of drug-likeness (QED) is 0.198. The van der Waals surface area contributed by atoms with Gasteiger partial charge in [0, 0.05) is 41.0 Å². The van der Waals surface area contributed by atoms with Crippen molar-refractivity contribution in [2.45, 2.75) is 6.92 Å². The van der Waals surface area contributed by atoms with Crippen LogP contribution in [-0.2, 0) is 4.74 Å². The zero-order valence-electron chi connectivity index (χ0n) is 16.8. The molecule has 0 saturated heterocycles. The molecule has 2 heterocycles. The van der Waals surface area contributed by atoms with Crippen LogP contribution in [0.3, 0.4) is 0 Å². The highest BCUT2D eigenvalue weighted by Crippen LogP contribution is 2.29. The topological polar surface area (TPSA) is 132 Å². The minimum Gasteiger partial charge on any atom is -0.462 e. The summed E-state index contributed by atoms with van der Waals surface area (Å²) in [5.74, 6) is 0.212. The fraction of sp³-hybridized carbons (Fsp3) is 0.200. The number of carbonyl (C=O) groups is 1. The smallest absolute Gasteiger partial charge is 0.341 e. The van der Waals surface area contributed by atoms with Gasteiger partial charge >= 0.3 is 5.97 Å². The maximum atomic E-state index is 12.4. The van der Waals surface area contributed by atoms with Gasteiger partial charge in [-0.1, -0.05) is 23.2 Å². The highest BCUT2D eigenvalue weighted by Gasteiger charge is 2.18. The number of ether oxygens (including phenoxy) is 1. The van der Waals surface area contributed by atoms with E-state index in [4.69, 9.17) is 27.9 Å². The SMILES string of the molecule is CCOC(=O)c1cnc(NCCNc2ccc([N+](=O)[O-])cn2)nc1-c1cc(Cl)cc(Cl)c1. The van der Waals surface area contributed by atoms with E-state index in [0.717, 1.165) is 0 Å². The molecule has 3 rings (SSSR count). The summed E-state index contributed by atoms with van der Waals surface area (Å²) in [5, 5.41) is 17.5. The molecule has 0 unspecified atom stereocenters. The Balaban J connectivity index is 1.72. The molecule has 3 aromatic rings. The van der Waals surface area contributed by atoms with Crippen molar-refractivity contribution in [3.05, 3.63) is 68.4 Å². The van der Waals surface area contributed by atoms with Crippen LogP contribution < -0.4 is 10.6 Å². The van der Waals surface area contributed by atoms with Crippen LogP contribution in [0.4, 0.5) is 17.5 Å². The number of esters is 1. The monoisotopic (exact) mass is 476 g/mol. The molecule has 10 nitrogen and oxygen atoms in total. The van der Waals surface area contributed by atoms with Crippen LogP contribution in [0.25, 0.3) is 11.3 Å². The lowest BCUT2D eigenvalue weighted by Gasteiger charge is -2.12. The molecule has 0 bridgehead atoms. The number of hydrogen-bond donors (Lipinski definition) is 2. The van der Waals surface area contributed by atoms with Crippen LogP contribution in [0.15, 0.2) is 42.7 Å². The van der Waals surface area contributed by atoms with Gasteiger partial charge in [0.2, 0.25) is 5.95 Å². The number of halogens is 2. The molecule has 0 radical (unpaired) electrons. The number of pyridine rings is 1. The molecule has 166 valence electrons. The first kappa shape index (κ1) is 23.2. The minimum atomic E-state index is -0.559. The summed E-state index contributed by atoms with van der Waals surface area (Å²) < 4.78 is 5.10. The van der Waals surface area contributed by atoms with E-state index >= 15 is 0 Å². The molecule has 2 aromatic heterocycles. The molecular formula is C20H18Cl2N6O4. The zero-order valence-corrected chi connectivity index (χ0v) is 18.4. The summed E-state index contributed by atoms with van der Waals surface area (Å²) in [5.41, 5.74) is 0.973.